The summed E-state index contributed by atoms with van der Waals surface area (Å²) in [6.45, 7) is 1.30. The maximum atomic E-state index is 13.4. The summed E-state index contributed by atoms with van der Waals surface area (Å²) in [5.41, 5.74) is 5.78. The van der Waals surface area contributed by atoms with Crippen LogP contribution in [0.1, 0.15) is 12.8 Å². The minimum Gasteiger partial charge on any atom is -0.353 e. The quantitative estimate of drug-likeness (QED) is 0.764. The van der Waals surface area contributed by atoms with Crippen LogP contribution < -0.4 is 10.6 Å². The first kappa shape index (κ1) is 10.3. The fourth-order valence-electron chi connectivity index (χ4n) is 1.84. The lowest BCUT2D eigenvalue weighted by Gasteiger charge is -2.31. The molecule has 3 nitrogen and oxygen atoms in total. The molecular formula is C10H13F2N3. The van der Waals surface area contributed by atoms with Gasteiger partial charge in [-0.05, 0) is 12.8 Å². The normalized spacial score (nSPS) is 21.8. The number of piperidine rings is 1. The largest absolute Gasteiger partial charge is 0.353 e. The molecular weight excluding hydrogens is 200 g/mol. The minimum atomic E-state index is -0.655. The van der Waals surface area contributed by atoms with Crippen LogP contribution >= 0.6 is 0 Å². The number of rotatable bonds is 1. The van der Waals surface area contributed by atoms with Crippen LogP contribution in [0.25, 0.3) is 0 Å². The lowest BCUT2D eigenvalue weighted by Crippen LogP contribution is -2.43. The molecule has 1 aromatic rings. The van der Waals surface area contributed by atoms with Gasteiger partial charge in [0, 0.05) is 25.2 Å². The van der Waals surface area contributed by atoms with E-state index in [-0.39, 0.29) is 11.9 Å². The van der Waals surface area contributed by atoms with E-state index in [0.717, 1.165) is 31.6 Å². The van der Waals surface area contributed by atoms with E-state index in [1.54, 1.807) is 4.90 Å². The van der Waals surface area contributed by atoms with Crippen molar-refractivity contribution in [3.63, 3.8) is 0 Å². The molecule has 2 heterocycles. The molecule has 1 aromatic heterocycles. The first-order chi connectivity index (χ1) is 7.16. The van der Waals surface area contributed by atoms with Gasteiger partial charge in [0.25, 0.3) is 0 Å². The van der Waals surface area contributed by atoms with Gasteiger partial charge in [0.15, 0.2) is 11.6 Å². The van der Waals surface area contributed by atoms with Gasteiger partial charge < -0.3 is 10.6 Å². The van der Waals surface area contributed by atoms with Crippen molar-refractivity contribution in [3.8, 4) is 0 Å². The van der Waals surface area contributed by atoms with E-state index in [1.807, 2.05) is 0 Å². The van der Waals surface area contributed by atoms with E-state index in [2.05, 4.69) is 4.98 Å². The Balaban J connectivity index is 2.21. The molecule has 2 rings (SSSR count). The maximum Gasteiger partial charge on any atom is 0.168 e. The number of pyridine rings is 1. The van der Waals surface area contributed by atoms with Gasteiger partial charge in [0.1, 0.15) is 5.82 Å². The van der Waals surface area contributed by atoms with Crippen molar-refractivity contribution in [2.75, 3.05) is 18.0 Å². The van der Waals surface area contributed by atoms with Gasteiger partial charge in [-0.15, -0.1) is 0 Å². The second-order valence-corrected chi connectivity index (χ2v) is 3.81. The van der Waals surface area contributed by atoms with E-state index in [1.165, 1.54) is 0 Å². The summed E-state index contributed by atoms with van der Waals surface area (Å²) in [7, 11) is 0. The molecule has 0 saturated carbocycles. The summed E-state index contributed by atoms with van der Waals surface area (Å²) in [5, 5.41) is 0. The fraction of sp³-hybridized carbons (Fsp3) is 0.500. The Kier molecular flexibility index (Phi) is 2.81. The Labute approximate surface area is 86.9 Å². The zero-order valence-electron chi connectivity index (χ0n) is 8.29. The molecule has 5 heteroatoms. The number of anilines is 1. The summed E-state index contributed by atoms with van der Waals surface area (Å²) in [6.07, 6.45) is 2.89. The molecule has 1 aliphatic heterocycles. The van der Waals surface area contributed by atoms with E-state index in [0.29, 0.717) is 6.54 Å². The smallest absolute Gasteiger partial charge is 0.168 e. The van der Waals surface area contributed by atoms with Crippen molar-refractivity contribution in [3.05, 3.63) is 23.9 Å². The molecule has 2 N–H and O–H groups in total. The maximum absolute atomic E-state index is 13.4. The van der Waals surface area contributed by atoms with Crippen LogP contribution in [-0.2, 0) is 0 Å². The highest BCUT2D eigenvalue weighted by molar-refractivity contribution is 5.40. The number of halogens is 2. The Morgan fingerprint density at radius 2 is 2.27 bits per heavy atom. The molecule has 0 bridgehead atoms. The number of aromatic nitrogens is 1. The molecule has 1 aliphatic rings. The van der Waals surface area contributed by atoms with Gasteiger partial charge in [0.05, 0.1) is 6.20 Å². The van der Waals surface area contributed by atoms with E-state index in [9.17, 15) is 8.78 Å². The predicted octanol–water partition coefficient (Wildman–Crippen LogP) is 1.29. The van der Waals surface area contributed by atoms with Crippen LogP contribution in [0, 0.1) is 11.6 Å². The molecule has 1 saturated heterocycles. The van der Waals surface area contributed by atoms with Crippen LogP contribution in [0.15, 0.2) is 12.3 Å². The highest BCUT2D eigenvalue weighted by atomic mass is 19.1. The van der Waals surface area contributed by atoms with Crippen molar-refractivity contribution in [2.45, 2.75) is 18.9 Å². The third-order valence-electron chi connectivity index (χ3n) is 2.55. The molecule has 0 aliphatic carbocycles. The van der Waals surface area contributed by atoms with Gasteiger partial charge in [0.2, 0.25) is 0 Å². The molecule has 0 radical (unpaired) electrons. The van der Waals surface area contributed by atoms with E-state index in [4.69, 9.17) is 5.73 Å². The lowest BCUT2D eigenvalue weighted by molar-refractivity contribution is 0.490. The average Bonchev–Trinajstić information content (AvgIpc) is 2.17. The topological polar surface area (TPSA) is 42.1 Å². The van der Waals surface area contributed by atoms with Crippen molar-refractivity contribution < 1.29 is 8.78 Å². The third kappa shape index (κ3) is 2.23. The number of nitrogens with two attached hydrogens (primary N) is 1. The van der Waals surface area contributed by atoms with Crippen molar-refractivity contribution in [1.29, 1.82) is 0 Å². The molecule has 82 valence electrons. The second-order valence-electron chi connectivity index (χ2n) is 3.81. The first-order valence-electron chi connectivity index (χ1n) is 4.98. The molecule has 1 fully saturated rings. The van der Waals surface area contributed by atoms with Crippen LogP contribution in [0.5, 0.6) is 0 Å². The summed E-state index contributed by atoms with van der Waals surface area (Å²) < 4.78 is 26.0. The van der Waals surface area contributed by atoms with Crippen LogP contribution in [0.4, 0.5) is 14.6 Å². The summed E-state index contributed by atoms with van der Waals surface area (Å²) in [5.74, 6) is -1.08. The van der Waals surface area contributed by atoms with Gasteiger partial charge in [-0.2, -0.15) is 0 Å². The standard InChI is InChI=1S/C10H13F2N3/c11-7-4-9(12)10(14-5-7)15-3-1-2-8(13)6-15/h4-5,8H,1-3,6,13H2. The van der Waals surface area contributed by atoms with E-state index >= 15 is 0 Å². The second kappa shape index (κ2) is 4.10. The van der Waals surface area contributed by atoms with Crippen LogP contribution in [-0.4, -0.2) is 24.1 Å². The van der Waals surface area contributed by atoms with Crippen LogP contribution in [0.3, 0.4) is 0 Å². The summed E-state index contributed by atoms with van der Waals surface area (Å²) >= 11 is 0. The average molecular weight is 213 g/mol. The number of hydrogen-bond donors (Lipinski definition) is 1. The predicted molar refractivity (Wildman–Crippen MR) is 53.6 cm³/mol. The molecule has 15 heavy (non-hydrogen) atoms. The fourth-order valence-corrected chi connectivity index (χ4v) is 1.84. The third-order valence-corrected chi connectivity index (χ3v) is 2.55. The highest BCUT2D eigenvalue weighted by Gasteiger charge is 2.20. The Morgan fingerprint density at radius 1 is 1.47 bits per heavy atom. The molecule has 0 amide bonds. The van der Waals surface area contributed by atoms with Gasteiger partial charge >= 0.3 is 0 Å². The van der Waals surface area contributed by atoms with Gasteiger partial charge in [-0.25, -0.2) is 13.8 Å². The Hall–Kier alpha value is -1.23. The van der Waals surface area contributed by atoms with Crippen molar-refractivity contribution in [2.24, 2.45) is 5.73 Å². The molecule has 0 spiro atoms. The van der Waals surface area contributed by atoms with Gasteiger partial charge in [-0.1, -0.05) is 0 Å². The molecule has 1 unspecified atom stereocenters. The lowest BCUT2D eigenvalue weighted by atomic mass is 10.1. The number of hydrogen-bond acceptors (Lipinski definition) is 3. The molecule has 1 atom stereocenters. The first-order valence-corrected chi connectivity index (χ1v) is 4.98. The van der Waals surface area contributed by atoms with Gasteiger partial charge in [-0.3, -0.25) is 0 Å². The van der Waals surface area contributed by atoms with Crippen molar-refractivity contribution >= 4 is 5.82 Å². The van der Waals surface area contributed by atoms with Crippen molar-refractivity contribution in [1.82, 2.24) is 4.98 Å². The highest BCUT2D eigenvalue weighted by Crippen LogP contribution is 2.20. The molecule has 0 aromatic carbocycles. The number of nitrogens with zero attached hydrogens (tertiary/aromatic N) is 2. The SMILES string of the molecule is NC1CCCN(c2ncc(F)cc2F)C1. The Morgan fingerprint density at radius 3 is 2.93 bits per heavy atom. The zero-order valence-corrected chi connectivity index (χ0v) is 8.29. The zero-order chi connectivity index (χ0) is 10.8. The monoisotopic (exact) mass is 213 g/mol. The minimum absolute atomic E-state index is 0.0463. The van der Waals surface area contributed by atoms with E-state index < -0.39 is 11.6 Å². The summed E-state index contributed by atoms with van der Waals surface area (Å²) in [6, 6.07) is 0.896. The Bertz CT molecular complexity index is 357. The van der Waals surface area contributed by atoms with Crippen LogP contribution in [0.2, 0.25) is 0 Å². The summed E-state index contributed by atoms with van der Waals surface area (Å²) in [4.78, 5) is 5.52.